The topological polar surface area (TPSA) is 80.0 Å². The summed E-state index contributed by atoms with van der Waals surface area (Å²) in [5, 5.41) is 19.9. The molecule has 108 valence electrons. The van der Waals surface area contributed by atoms with E-state index in [0.717, 1.165) is 24.0 Å². The number of rotatable bonds is 6. The maximum absolute atomic E-state index is 12.2. The number of amides is 1. The molecule has 6 nitrogen and oxygen atoms in total. The highest BCUT2D eigenvalue weighted by molar-refractivity contribution is 5.97. The second-order valence-electron chi connectivity index (χ2n) is 4.70. The molecule has 2 aromatic rings. The van der Waals surface area contributed by atoms with Crippen molar-refractivity contribution >= 4 is 16.9 Å². The molecule has 1 unspecified atom stereocenters. The first-order valence-electron chi connectivity index (χ1n) is 6.94. The first-order chi connectivity index (χ1) is 9.69. The summed E-state index contributed by atoms with van der Waals surface area (Å²) >= 11 is 0. The Bertz CT molecular complexity index is 594. The van der Waals surface area contributed by atoms with Crippen molar-refractivity contribution in [2.75, 3.05) is 6.61 Å². The minimum atomic E-state index is -0.141. The summed E-state index contributed by atoms with van der Waals surface area (Å²) in [6.07, 6.45) is 1.36. The molecule has 0 bridgehead atoms. The van der Waals surface area contributed by atoms with Crippen LogP contribution in [0.1, 0.15) is 37.0 Å². The molecule has 1 heterocycles. The van der Waals surface area contributed by atoms with Crippen LogP contribution in [0.15, 0.2) is 18.2 Å². The van der Waals surface area contributed by atoms with Crippen molar-refractivity contribution in [3.05, 3.63) is 23.8 Å². The fraction of sp³-hybridized carbons (Fsp3) is 0.500. The number of benzene rings is 1. The molecule has 1 amide bonds. The molecule has 20 heavy (non-hydrogen) atoms. The van der Waals surface area contributed by atoms with Crippen LogP contribution in [0.5, 0.6) is 0 Å². The first kappa shape index (κ1) is 14.5. The van der Waals surface area contributed by atoms with Crippen LogP contribution in [0.3, 0.4) is 0 Å². The van der Waals surface area contributed by atoms with E-state index in [1.54, 1.807) is 16.8 Å². The maximum atomic E-state index is 12.2. The van der Waals surface area contributed by atoms with E-state index >= 15 is 0 Å². The van der Waals surface area contributed by atoms with E-state index in [1.165, 1.54) is 0 Å². The molecule has 0 saturated heterocycles. The van der Waals surface area contributed by atoms with Crippen LogP contribution in [0.4, 0.5) is 0 Å². The summed E-state index contributed by atoms with van der Waals surface area (Å²) in [5.74, 6) is -0.141. The van der Waals surface area contributed by atoms with Crippen molar-refractivity contribution in [1.29, 1.82) is 0 Å². The lowest BCUT2D eigenvalue weighted by Gasteiger charge is -2.15. The average Bonchev–Trinajstić information content (AvgIpc) is 2.88. The Morgan fingerprint density at radius 1 is 1.45 bits per heavy atom. The van der Waals surface area contributed by atoms with Crippen molar-refractivity contribution < 1.29 is 9.90 Å². The molecule has 2 rings (SSSR count). The summed E-state index contributed by atoms with van der Waals surface area (Å²) in [5.41, 5.74) is 2.21. The van der Waals surface area contributed by atoms with Crippen LogP contribution < -0.4 is 5.32 Å². The second kappa shape index (κ2) is 6.47. The zero-order valence-electron chi connectivity index (χ0n) is 11.8. The summed E-state index contributed by atoms with van der Waals surface area (Å²) in [7, 11) is 0. The Morgan fingerprint density at radius 3 is 2.90 bits per heavy atom. The SMILES string of the molecule is CCC(CCO)NC(=O)c1ccc2c(c1)nnn2CC. The second-order valence-corrected chi connectivity index (χ2v) is 4.70. The molecule has 1 aromatic heterocycles. The molecule has 0 aliphatic rings. The number of hydrogen-bond acceptors (Lipinski definition) is 4. The van der Waals surface area contributed by atoms with E-state index in [9.17, 15) is 4.79 Å². The van der Waals surface area contributed by atoms with Crippen LogP contribution in [0, 0.1) is 0 Å². The summed E-state index contributed by atoms with van der Waals surface area (Å²) in [6, 6.07) is 5.38. The van der Waals surface area contributed by atoms with E-state index in [-0.39, 0.29) is 18.6 Å². The highest BCUT2D eigenvalue weighted by atomic mass is 16.3. The van der Waals surface area contributed by atoms with Crippen LogP contribution >= 0.6 is 0 Å². The molecule has 0 fully saturated rings. The van der Waals surface area contributed by atoms with Gasteiger partial charge in [0.05, 0.1) is 5.52 Å². The van der Waals surface area contributed by atoms with Gasteiger partial charge in [-0.3, -0.25) is 4.79 Å². The molecule has 2 N–H and O–H groups in total. The zero-order chi connectivity index (χ0) is 14.5. The molecule has 0 spiro atoms. The predicted molar refractivity (Wildman–Crippen MR) is 76.5 cm³/mol. The number of aliphatic hydroxyl groups excluding tert-OH is 1. The minimum absolute atomic E-state index is 0.00507. The number of fused-ring (bicyclic) bond motifs is 1. The van der Waals surface area contributed by atoms with Gasteiger partial charge in [-0.05, 0) is 38.0 Å². The van der Waals surface area contributed by atoms with E-state index in [1.807, 2.05) is 19.9 Å². The number of aromatic nitrogens is 3. The Kier molecular flexibility index (Phi) is 4.68. The van der Waals surface area contributed by atoms with Gasteiger partial charge >= 0.3 is 0 Å². The highest BCUT2D eigenvalue weighted by Gasteiger charge is 2.13. The molecule has 0 radical (unpaired) electrons. The number of carbonyl (C=O) groups is 1. The van der Waals surface area contributed by atoms with Gasteiger partial charge < -0.3 is 10.4 Å². The maximum Gasteiger partial charge on any atom is 0.251 e. The zero-order valence-corrected chi connectivity index (χ0v) is 11.8. The summed E-state index contributed by atoms with van der Waals surface area (Å²) in [6.45, 7) is 4.80. The number of hydrogen-bond donors (Lipinski definition) is 2. The average molecular weight is 276 g/mol. The van der Waals surface area contributed by atoms with Gasteiger partial charge in [-0.15, -0.1) is 5.10 Å². The van der Waals surface area contributed by atoms with Gasteiger partial charge in [-0.2, -0.15) is 0 Å². The third kappa shape index (κ3) is 2.96. The minimum Gasteiger partial charge on any atom is -0.396 e. The van der Waals surface area contributed by atoms with Crippen LogP contribution in [-0.4, -0.2) is 38.7 Å². The Hall–Kier alpha value is -1.95. The van der Waals surface area contributed by atoms with E-state index < -0.39 is 0 Å². The van der Waals surface area contributed by atoms with Crippen molar-refractivity contribution in [1.82, 2.24) is 20.3 Å². The fourth-order valence-electron chi connectivity index (χ4n) is 2.15. The predicted octanol–water partition coefficient (Wildman–Crippen LogP) is 1.34. The number of carbonyl (C=O) groups excluding carboxylic acids is 1. The van der Waals surface area contributed by atoms with Gasteiger partial charge in [0, 0.05) is 24.8 Å². The lowest BCUT2D eigenvalue weighted by molar-refractivity contribution is 0.0929. The van der Waals surface area contributed by atoms with E-state index in [2.05, 4.69) is 15.6 Å². The van der Waals surface area contributed by atoms with Crippen molar-refractivity contribution in [2.24, 2.45) is 0 Å². The van der Waals surface area contributed by atoms with E-state index in [0.29, 0.717) is 12.0 Å². The monoisotopic (exact) mass is 276 g/mol. The van der Waals surface area contributed by atoms with Gasteiger partial charge in [-0.25, -0.2) is 4.68 Å². The van der Waals surface area contributed by atoms with Crippen LogP contribution in [0.25, 0.3) is 11.0 Å². The molecular formula is C14H20N4O2. The summed E-state index contributed by atoms with van der Waals surface area (Å²) < 4.78 is 1.79. The highest BCUT2D eigenvalue weighted by Crippen LogP contribution is 2.14. The molecule has 1 atom stereocenters. The lowest BCUT2D eigenvalue weighted by Crippen LogP contribution is -2.35. The Morgan fingerprint density at radius 2 is 2.25 bits per heavy atom. The molecule has 1 aromatic carbocycles. The standard InChI is InChI=1S/C14H20N4O2/c1-3-11(7-8-19)15-14(20)10-5-6-13-12(9-10)16-17-18(13)4-2/h5-6,9,11,19H,3-4,7-8H2,1-2H3,(H,15,20). The van der Waals surface area contributed by atoms with Gasteiger partial charge in [-0.1, -0.05) is 12.1 Å². The first-order valence-corrected chi connectivity index (χ1v) is 6.94. The number of aliphatic hydroxyl groups is 1. The summed E-state index contributed by atoms with van der Waals surface area (Å²) in [4.78, 5) is 12.2. The van der Waals surface area contributed by atoms with Gasteiger partial charge in [0.25, 0.3) is 5.91 Å². The number of nitrogens with one attached hydrogen (secondary N) is 1. The van der Waals surface area contributed by atoms with Crippen molar-refractivity contribution in [3.63, 3.8) is 0 Å². The van der Waals surface area contributed by atoms with Crippen molar-refractivity contribution in [2.45, 2.75) is 39.3 Å². The van der Waals surface area contributed by atoms with Crippen LogP contribution in [-0.2, 0) is 6.54 Å². The van der Waals surface area contributed by atoms with Gasteiger partial charge in [0.2, 0.25) is 0 Å². The third-order valence-electron chi connectivity index (χ3n) is 3.38. The van der Waals surface area contributed by atoms with Gasteiger partial charge in [0.1, 0.15) is 5.52 Å². The molecule has 0 saturated carbocycles. The van der Waals surface area contributed by atoms with Crippen molar-refractivity contribution in [3.8, 4) is 0 Å². The smallest absolute Gasteiger partial charge is 0.251 e. The largest absolute Gasteiger partial charge is 0.396 e. The quantitative estimate of drug-likeness (QED) is 0.834. The fourth-order valence-corrected chi connectivity index (χ4v) is 2.15. The molecule has 0 aliphatic carbocycles. The normalized spacial score (nSPS) is 12.6. The van der Waals surface area contributed by atoms with E-state index in [4.69, 9.17) is 5.11 Å². The third-order valence-corrected chi connectivity index (χ3v) is 3.38. The number of aryl methyl sites for hydroxylation is 1. The Labute approximate surface area is 117 Å². The van der Waals surface area contributed by atoms with Gasteiger partial charge in [0.15, 0.2) is 0 Å². The Balaban J connectivity index is 2.18. The molecular weight excluding hydrogens is 256 g/mol. The lowest BCUT2D eigenvalue weighted by atomic mass is 10.1. The molecule has 6 heteroatoms. The molecule has 0 aliphatic heterocycles. The van der Waals surface area contributed by atoms with Crippen LogP contribution in [0.2, 0.25) is 0 Å². The number of nitrogens with zero attached hydrogens (tertiary/aromatic N) is 3.